The molecule has 0 aliphatic heterocycles. The zero-order chi connectivity index (χ0) is 25.4. The Morgan fingerprint density at radius 1 is 0.892 bits per heavy atom. The smallest absolute Gasteiger partial charge is 0.263 e. The van der Waals surface area contributed by atoms with Gasteiger partial charge in [0.25, 0.3) is 5.56 Å². The molecule has 4 heterocycles. The van der Waals surface area contributed by atoms with Crippen molar-refractivity contribution in [2.75, 3.05) is 5.73 Å². The minimum atomic E-state index is -0.0800. The molecule has 37 heavy (non-hydrogen) atoms. The minimum absolute atomic E-state index is 0.0285. The van der Waals surface area contributed by atoms with E-state index in [0.29, 0.717) is 17.6 Å². The second-order valence-electron chi connectivity index (χ2n) is 9.08. The fourth-order valence-corrected chi connectivity index (χ4v) is 4.88. The zero-order valence-electron chi connectivity index (χ0n) is 20.2. The molecule has 2 aromatic carbocycles. The fraction of sp³-hybridized carbons (Fsp3) is 0.100. The van der Waals surface area contributed by atoms with Crippen molar-refractivity contribution in [2.45, 2.75) is 19.3 Å². The SMILES string of the molecule is C[C@H](Cc1ncnc2cccnc12)c1cc2cccc(-c3ccc(N)nc3)c2c(=O)n1-c1ccccc1. The summed E-state index contributed by atoms with van der Waals surface area (Å²) < 4.78 is 1.82. The molecule has 0 saturated heterocycles. The Hall–Kier alpha value is -4.91. The number of rotatable bonds is 5. The van der Waals surface area contributed by atoms with Crippen LogP contribution < -0.4 is 11.3 Å². The van der Waals surface area contributed by atoms with Crippen molar-refractivity contribution >= 4 is 27.6 Å². The van der Waals surface area contributed by atoms with E-state index in [1.54, 1.807) is 24.8 Å². The number of hydrogen-bond donors (Lipinski definition) is 1. The summed E-state index contributed by atoms with van der Waals surface area (Å²) in [7, 11) is 0. The third-order valence-electron chi connectivity index (χ3n) is 6.66. The molecule has 7 heteroatoms. The van der Waals surface area contributed by atoms with Gasteiger partial charge in [0.15, 0.2) is 0 Å². The standard InChI is InChI=1S/C30H24N6O/c1-19(15-25-29-24(34-18-35-25)11-6-14-32-29)26-16-20-7-5-10-23(21-12-13-27(31)33-17-21)28(20)30(37)36(26)22-8-3-2-4-9-22/h2-14,16-19H,15H2,1H3,(H2,31,33)/t19-/m1/s1. The summed E-state index contributed by atoms with van der Waals surface area (Å²) in [4.78, 5) is 31.9. The highest BCUT2D eigenvalue weighted by molar-refractivity contribution is 5.96. The van der Waals surface area contributed by atoms with Crippen LogP contribution in [0.25, 0.3) is 38.6 Å². The first kappa shape index (κ1) is 22.5. The zero-order valence-corrected chi connectivity index (χ0v) is 20.2. The molecule has 4 aromatic heterocycles. The van der Waals surface area contributed by atoms with Gasteiger partial charge in [-0.15, -0.1) is 0 Å². The van der Waals surface area contributed by atoms with Crippen LogP contribution in [0.2, 0.25) is 0 Å². The molecule has 0 aliphatic carbocycles. The third-order valence-corrected chi connectivity index (χ3v) is 6.66. The molecule has 0 bridgehead atoms. The molecule has 0 unspecified atom stereocenters. The van der Waals surface area contributed by atoms with Crippen molar-refractivity contribution in [3.05, 3.63) is 119 Å². The first-order valence-corrected chi connectivity index (χ1v) is 12.1. The third kappa shape index (κ3) is 4.10. The second-order valence-corrected chi connectivity index (χ2v) is 9.08. The maximum Gasteiger partial charge on any atom is 0.263 e. The number of hydrogen-bond acceptors (Lipinski definition) is 6. The Morgan fingerprint density at radius 3 is 2.57 bits per heavy atom. The summed E-state index contributed by atoms with van der Waals surface area (Å²) in [5, 5.41) is 1.52. The van der Waals surface area contributed by atoms with Crippen LogP contribution in [-0.2, 0) is 6.42 Å². The van der Waals surface area contributed by atoms with E-state index in [4.69, 9.17) is 5.73 Å². The number of fused-ring (bicyclic) bond motifs is 2. The predicted molar refractivity (Wildman–Crippen MR) is 147 cm³/mol. The lowest BCUT2D eigenvalue weighted by Crippen LogP contribution is -2.24. The van der Waals surface area contributed by atoms with Crippen molar-refractivity contribution in [3.8, 4) is 16.8 Å². The number of nitrogens with two attached hydrogens (primary N) is 1. The van der Waals surface area contributed by atoms with E-state index in [1.807, 2.05) is 71.3 Å². The van der Waals surface area contributed by atoms with Crippen molar-refractivity contribution < 1.29 is 0 Å². The Kier molecular flexibility index (Phi) is 5.65. The summed E-state index contributed by atoms with van der Waals surface area (Å²) >= 11 is 0. The molecule has 0 spiro atoms. The molecule has 0 saturated carbocycles. The number of para-hydroxylation sites is 1. The van der Waals surface area contributed by atoms with Crippen LogP contribution in [0.15, 0.2) is 102 Å². The van der Waals surface area contributed by atoms with Crippen LogP contribution in [0, 0.1) is 0 Å². The van der Waals surface area contributed by atoms with Crippen molar-refractivity contribution in [1.82, 2.24) is 24.5 Å². The largest absolute Gasteiger partial charge is 0.384 e. The fourth-order valence-electron chi connectivity index (χ4n) is 4.88. The number of benzene rings is 2. The van der Waals surface area contributed by atoms with E-state index in [0.717, 1.165) is 44.6 Å². The highest BCUT2D eigenvalue weighted by atomic mass is 16.1. The lowest BCUT2D eigenvalue weighted by atomic mass is 9.95. The molecule has 7 nitrogen and oxygen atoms in total. The topological polar surface area (TPSA) is 99.6 Å². The average Bonchev–Trinajstić information content (AvgIpc) is 2.94. The van der Waals surface area contributed by atoms with Gasteiger partial charge in [0.05, 0.1) is 16.6 Å². The van der Waals surface area contributed by atoms with E-state index < -0.39 is 0 Å². The monoisotopic (exact) mass is 484 g/mol. The van der Waals surface area contributed by atoms with Crippen LogP contribution in [0.3, 0.4) is 0 Å². The molecular formula is C30H24N6O. The molecule has 6 aromatic rings. The second kappa shape index (κ2) is 9.28. The van der Waals surface area contributed by atoms with Gasteiger partial charge in [-0.1, -0.05) is 43.3 Å². The van der Waals surface area contributed by atoms with Crippen molar-refractivity contribution in [2.24, 2.45) is 0 Å². The summed E-state index contributed by atoms with van der Waals surface area (Å²) in [5.74, 6) is 0.410. The molecule has 0 amide bonds. The van der Waals surface area contributed by atoms with Gasteiger partial charge < -0.3 is 5.73 Å². The van der Waals surface area contributed by atoms with Crippen LogP contribution >= 0.6 is 0 Å². The summed E-state index contributed by atoms with van der Waals surface area (Å²) in [6.07, 6.45) is 5.64. The number of aromatic nitrogens is 5. The molecule has 6 rings (SSSR count). The van der Waals surface area contributed by atoms with Gasteiger partial charge in [-0.05, 0) is 53.4 Å². The van der Waals surface area contributed by atoms with Crippen LogP contribution in [-0.4, -0.2) is 24.5 Å². The Morgan fingerprint density at radius 2 is 1.76 bits per heavy atom. The molecule has 2 N–H and O–H groups in total. The summed E-state index contributed by atoms with van der Waals surface area (Å²) in [5.41, 5.74) is 11.6. The van der Waals surface area contributed by atoms with E-state index in [9.17, 15) is 4.79 Å². The maximum atomic E-state index is 14.3. The average molecular weight is 485 g/mol. The Bertz CT molecular complexity index is 1790. The summed E-state index contributed by atoms with van der Waals surface area (Å²) in [6, 6.07) is 25.2. The lowest BCUT2D eigenvalue weighted by molar-refractivity contribution is 0.686. The van der Waals surface area contributed by atoms with E-state index in [1.165, 1.54) is 0 Å². The first-order chi connectivity index (χ1) is 18.1. The molecule has 0 fully saturated rings. The number of nitrogens with zero attached hydrogens (tertiary/aromatic N) is 5. The van der Waals surface area contributed by atoms with Crippen molar-refractivity contribution in [1.29, 1.82) is 0 Å². The lowest BCUT2D eigenvalue weighted by Gasteiger charge is -2.21. The van der Waals surface area contributed by atoms with E-state index in [2.05, 4.69) is 32.9 Å². The number of anilines is 1. The molecule has 0 radical (unpaired) electrons. The number of nitrogen functional groups attached to an aromatic ring is 1. The Balaban J connectivity index is 1.56. The molecular weight excluding hydrogens is 460 g/mol. The van der Waals surface area contributed by atoms with Gasteiger partial charge in [0.2, 0.25) is 0 Å². The highest BCUT2D eigenvalue weighted by Gasteiger charge is 2.20. The van der Waals surface area contributed by atoms with Crippen LogP contribution in [0.1, 0.15) is 24.2 Å². The number of pyridine rings is 3. The first-order valence-electron chi connectivity index (χ1n) is 12.1. The van der Waals surface area contributed by atoms with Gasteiger partial charge in [0, 0.05) is 41.7 Å². The van der Waals surface area contributed by atoms with Crippen LogP contribution in [0.4, 0.5) is 5.82 Å². The van der Waals surface area contributed by atoms with Gasteiger partial charge in [0.1, 0.15) is 17.7 Å². The van der Waals surface area contributed by atoms with Gasteiger partial charge in [-0.25, -0.2) is 15.0 Å². The van der Waals surface area contributed by atoms with Gasteiger partial charge >= 0.3 is 0 Å². The Labute approximate surface area is 213 Å². The van der Waals surface area contributed by atoms with E-state index >= 15 is 0 Å². The maximum absolute atomic E-state index is 14.3. The molecule has 1 atom stereocenters. The van der Waals surface area contributed by atoms with Gasteiger partial charge in [-0.3, -0.25) is 14.3 Å². The molecule has 0 aliphatic rings. The normalized spacial score (nSPS) is 12.1. The van der Waals surface area contributed by atoms with E-state index in [-0.39, 0.29) is 11.5 Å². The predicted octanol–water partition coefficient (Wildman–Crippen LogP) is 5.32. The van der Waals surface area contributed by atoms with Gasteiger partial charge in [-0.2, -0.15) is 0 Å². The summed E-state index contributed by atoms with van der Waals surface area (Å²) in [6.45, 7) is 2.12. The quantitative estimate of drug-likeness (QED) is 0.356. The van der Waals surface area contributed by atoms with Crippen LogP contribution in [0.5, 0.6) is 0 Å². The molecule has 180 valence electrons. The van der Waals surface area contributed by atoms with Crippen molar-refractivity contribution in [3.63, 3.8) is 0 Å². The minimum Gasteiger partial charge on any atom is -0.384 e. The highest BCUT2D eigenvalue weighted by Crippen LogP contribution is 2.31.